The van der Waals surface area contributed by atoms with E-state index >= 15 is 0 Å². The molecule has 1 atom stereocenters. The second kappa shape index (κ2) is 6.44. The second-order valence-corrected chi connectivity index (χ2v) is 7.19. The molecule has 138 valence electrons. The zero-order chi connectivity index (χ0) is 19.1. The zero-order valence-corrected chi connectivity index (χ0v) is 14.9. The van der Waals surface area contributed by atoms with Crippen molar-refractivity contribution in [3.8, 4) is 0 Å². The minimum absolute atomic E-state index is 0.181. The number of rotatable bonds is 2. The number of hydroxylamine groups is 2. The normalized spacial score (nSPS) is 19.6. The lowest BCUT2D eigenvalue weighted by Gasteiger charge is -2.28. The minimum atomic E-state index is -0.894. The van der Waals surface area contributed by atoms with Crippen molar-refractivity contribution in [3.63, 3.8) is 0 Å². The zero-order valence-electron chi connectivity index (χ0n) is 14.9. The fraction of sp³-hybridized carbons (Fsp3) is 0.444. The highest BCUT2D eigenvalue weighted by atomic mass is 16.7. The van der Waals surface area contributed by atoms with Crippen LogP contribution in [0.2, 0.25) is 0 Å². The number of fused-ring (bicyclic) bond motifs is 1. The molecule has 8 heteroatoms. The number of carbonyl (C=O) groups is 4. The summed E-state index contributed by atoms with van der Waals surface area (Å²) in [7, 11) is 0. The van der Waals surface area contributed by atoms with Gasteiger partial charge >= 0.3 is 12.1 Å². The molecule has 0 radical (unpaired) electrons. The van der Waals surface area contributed by atoms with Crippen molar-refractivity contribution in [1.29, 1.82) is 0 Å². The molecule has 0 saturated carbocycles. The molecule has 0 aliphatic carbocycles. The number of hydrogen-bond donors (Lipinski definition) is 0. The van der Waals surface area contributed by atoms with E-state index in [1.165, 1.54) is 17.0 Å². The van der Waals surface area contributed by atoms with Crippen molar-refractivity contribution in [3.05, 3.63) is 35.4 Å². The summed E-state index contributed by atoms with van der Waals surface area (Å²) in [4.78, 5) is 55.7. The lowest BCUT2D eigenvalue weighted by Crippen LogP contribution is -2.46. The van der Waals surface area contributed by atoms with Gasteiger partial charge in [0.25, 0.3) is 11.8 Å². The van der Waals surface area contributed by atoms with E-state index in [1.54, 1.807) is 32.9 Å². The molecule has 2 heterocycles. The molecule has 1 saturated heterocycles. The number of imide groups is 1. The van der Waals surface area contributed by atoms with Crippen molar-refractivity contribution in [2.24, 2.45) is 0 Å². The molecule has 1 fully saturated rings. The van der Waals surface area contributed by atoms with Gasteiger partial charge in [-0.15, -0.1) is 0 Å². The molecule has 0 aromatic heterocycles. The van der Waals surface area contributed by atoms with Crippen LogP contribution in [0, 0.1) is 0 Å². The first-order valence-corrected chi connectivity index (χ1v) is 8.38. The Hall–Kier alpha value is -2.90. The predicted octanol–water partition coefficient (Wildman–Crippen LogP) is 2.14. The minimum Gasteiger partial charge on any atom is -0.444 e. The number of amides is 3. The maximum Gasteiger partial charge on any atom is 0.411 e. The number of nitrogens with zero attached hydrogens (tertiary/aromatic N) is 2. The fourth-order valence-electron chi connectivity index (χ4n) is 2.95. The quantitative estimate of drug-likeness (QED) is 0.750. The number of carbonyl (C=O) groups excluding carboxylic acids is 4. The summed E-state index contributed by atoms with van der Waals surface area (Å²) in [6, 6.07) is 5.33. The SMILES string of the molecule is CC(C)(C)OC(=O)N1CCC[C@@H]1C(=O)ON1C(=O)c2ccccc2C1=O. The maximum absolute atomic E-state index is 12.5. The first-order valence-electron chi connectivity index (χ1n) is 8.38. The van der Waals surface area contributed by atoms with Gasteiger partial charge in [0.05, 0.1) is 11.1 Å². The number of hydrogen-bond acceptors (Lipinski definition) is 6. The average Bonchev–Trinajstić information content (AvgIpc) is 3.14. The Bertz CT molecular complexity index is 747. The maximum atomic E-state index is 12.5. The van der Waals surface area contributed by atoms with Gasteiger partial charge in [-0.1, -0.05) is 17.2 Å². The van der Waals surface area contributed by atoms with E-state index in [-0.39, 0.29) is 11.1 Å². The first-order chi connectivity index (χ1) is 12.2. The Morgan fingerprint density at radius 3 is 2.19 bits per heavy atom. The molecule has 0 bridgehead atoms. The van der Waals surface area contributed by atoms with Crippen molar-refractivity contribution < 1.29 is 28.8 Å². The van der Waals surface area contributed by atoms with E-state index < -0.39 is 35.5 Å². The Morgan fingerprint density at radius 2 is 1.65 bits per heavy atom. The van der Waals surface area contributed by atoms with Crippen LogP contribution in [0.4, 0.5) is 4.79 Å². The molecule has 0 spiro atoms. The summed E-state index contributed by atoms with van der Waals surface area (Å²) in [5, 5.41) is 0.457. The molecule has 26 heavy (non-hydrogen) atoms. The lowest BCUT2D eigenvalue weighted by atomic mass is 10.1. The van der Waals surface area contributed by atoms with Gasteiger partial charge in [-0.25, -0.2) is 9.59 Å². The van der Waals surface area contributed by atoms with Gasteiger partial charge in [0.2, 0.25) is 0 Å². The monoisotopic (exact) mass is 360 g/mol. The third-order valence-electron chi connectivity index (χ3n) is 4.09. The Balaban J connectivity index is 1.71. The Morgan fingerprint density at radius 1 is 1.08 bits per heavy atom. The van der Waals surface area contributed by atoms with Crippen LogP contribution < -0.4 is 0 Å². The first kappa shape index (κ1) is 17.9. The highest BCUT2D eigenvalue weighted by molar-refractivity contribution is 6.20. The standard InChI is InChI=1S/C18H20N2O6/c1-18(2,3)25-17(24)19-10-6-9-13(19)16(23)26-20-14(21)11-7-4-5-8-12(11)15(20)22/h4-5,7-8,13H,6,9-10H2,1-3H3/t13-/m1/s1. The molecule has 1 aromatic rings. The fourth-order valence-corrected chi connectivity index (χ4v) is 2.95. The van der Waals surface area contributed by atoms with E-state index in [9.17, 15) is 19.2 Å². The van der Waals surface area contributed by atoms with E-state index in [2.05, 4.69) is 0 Å². The van der Waals surface area contributed by atoms with E-state index in [1.807, 2.05) is 0 Å². The third-order valence-corrected chi connectivity index (χ3v) is 4.09. The molecular formula is C18H20N2O6. The van der Waals surface area contributed by atoms with Gasteiger partial charge in [-0.2, -0.15) is 0 Å². The largest absolute Gasteiger partial charge is 0.444 e. The average molecular weight is 360 g/mol. The molecule has 3 rings (SSSR count). The smallest absolute Gasteiger partial charge is 0.411 e. The molecule has 0 unspecified atom stereocenters. The molecule has 3 amide bonds. The van der Waals surface area contributed by atoms with Gasteiger partial charge < -0.3 is 9.57 Å². The van der Waals surface area contributed by atoms with Gasteiger partial charge in [0.15, 0.2) is 0 Å². The summed E-state index contributed by atoms with van der Waals surface area (Å²) < 4.78 is 5.30. The third kappa shape index (κ3) is 3.26. The van der Waals surface area contributed by atoms with Crippen molar-refractivity contribution in [2.45, 2.75) is 45.3 Å². The summed E-state index contributed by atoms with van der Waals surface area (Å²) >= 11 is 0. The highest BCUT2D eigenvalue weighted by Crippen LogP contribution is 2.26. The van der Waals surface area contributed by atoms with Crippen LogP contribution in [0.5, 0.6) is 0 Å². The van der Waals surface area contributed by atoms with Crippen LogP contribution in [0.1, 0.15) is 54.3 Å². The van der Waals surface area contributed by atoms with Crippen LogP contribution in [0.25, 0.3) is 0 Å². The summed E-state index contributed by atoms with van der Waals surface area (Å²) in [6.45, 7) is 5.53. The van der Waals surface area contributed by atoms with Crippen molar-refractivity contribution >= 4 is 23.9 Å². The topological polar surface area (TPSA) is 93.2 Å². The number of benzene rings is 1. The van der Waals surface area contributed by atoms with Crippen molar-refractivity contribution in [1.82, 2.24) is 9.96 Å². The molecule has 2 aliphatic rings. The summed E-state index contributed by atoms with van der Waals surface area (Å²) in [5.74, 6) is -2.22. The van der Waals surface area contributed by atoms with Gasteiger partial charge in [0.1, 0.15) is 11.6 Å². The molecule has 2 aliphatic heterocycles. The van der Waals surface area contributed by atoms with E-state index in [0.717, 1.165) is 0 Å². The summed E-state index contributed by atoms with van der Waals surface area (Å²) in [5.41, 5.74) is -0.335. The van der Waals surface area contributed by atoms with E-state index in [4.69, 9.17) is 9.57 Å². The Labute approximate surface area is 150 Å². The second-order valence-electron chi connectivity index (χ2n) is 7.19. The van der Waals surface area contributed by atoms with Crippen LogP contribution >= 0.6 is 0 Å². The number of ether oxygens (including phenoxy) is 1. The predicted molar refractivity (Wildman–Crippen MR) is 89.0 cm³/mol. The van der Waals surface area contributed by atoms with Crippen LogP contribution in [0.3, 0.4) is 0 Å². The van der Waals surface area contributed by atoms with Gasteiger partial charge in [0, 0.05) is 6.54 Å². The molecular weight excluding hydrogens is 340 g/mol. The van der Waals surface area contributed by atoms with Crippen LogP contribution in [0.15, 0.2) is 24.3 Å². The summed E-state index contributed by atoms with van der Waals surface area (Å²) in [6.07, 6.45) is 0.349. The van der Waals surface area contributed by atoms with E-state index in [0.29, 0.717) is 24.4 Å². The van der Waals surface area contributed by atoms with Gasteiger partial charge in [-0.05, 0) is 45.7 Å². The molecule has 8 nitrogen and oxygen atoms in total. The number of likely N-dealkylation sites (tertiary alicyclic amines) is 1. The highest BCUT2D eigenvalue weighted by Gasteiger charge is 2.43. The molecule has 1 aromatic carbocycles. The lowest BCUT2D eigenvalue weighted by molar-refractivity contribution is -0.173. The van der Waals surface area contributed by atoms with Crippen LogP contribution in [-0.2, 0) is 14.4 Å². The van der Waals surface area contributed by atoms with Gasteiger partial charge in [-0.3, -0.25) is 14.5 Å². The molecule has 0 N–H and O–H groups in total. The van der Waals surface area contributed by atoms with Crippen LogP contribution in [-0.4, -0.2) is 52.0 Å². The van der Waals surface area contributed by atoms with Crippen molar-refractivity contribution in [2.75, 3.05) is 6.54 Å². The Kier molecular flexibility index (Phi) is 4.43.